The molecule has 25 heavy (non-hydrogen) atoms. The summed E-state index contributed by atoms with van der Waals surface area (Å²) in [7, 11) is 3.77. The summed E-state index contributed by atoms with van der Waals surface area (Å²) in [6.07, 6.45) is 0. The Morgan fingerprint density at radius 3 is 2.24 bits per heavy atom. The fourth-order valence-electron chi connectivity index (χ4n) is 2.24. The van der Waals surface area contributed by atoms with Crippen LogP contribution in [0, 0.1) is 6.92 Å². The first-order chi connectivity index (χ1) is 11.9. The molecule has 2 aromatic carbocycles. The molecular formula is C18H17Cl2N5. The Labute approximate surface area is 156 Å². The average molecular weight is 374 g/mol. The highest BCUT2D eigenvalue weighted by Crippen LogP contribution is 2.26. The number of hydrogen-bond acceptors (Lipinski definition) is 5. The topological polar surface area (TPSA) is 53.9 Å². The number of benzene rings is 2. The SMILES string of the molecule is Cc1ccc(Cl)cc1-c1nc(Nc2ccc(Cl)cc2)nc(N(C)C)n1. The van der Waals surface area contributed by atoms with Crippen molar-refractivity contribution in [2.24, 2.45) is 0 Å². The van der Waals surface area contributed by atoms with Crippen LogP contribution in [0.25, 0.3) is 11.4 Å². The van der Waals surface area contributed by atoms with E-state index in [1.54, 1.807) is 12.1 Å². The zero-order valence-electron chi connectivity index (χ0n) is 14.1. The van der Waals surface area contributed by atoms with E-state index in [1.165, 1.54) is 0 Å². The van der Waals surface area contributed by atoms with E-state index in [-0.39, 0.29) is 0 Å². The maximum absolute atomic E-state index is 6.14. The van der Waals surface area contributed by atoms with Gasteiger partial charge < -0.3 is 10.2 Å². The van der Waals surface area contributed by atoms with Gasteiger partial charge in [-0.05, 0) is 48.9 Å². The third-order valence-corrected chi connectivity index (χ3v) is 4.05. The number of nitrogens with one attached hydrogen (secondary N) is 1. The van der Waals surface area contributed by atoms with E-state index in [1.807, 2.05) is 56.3 Å². The molecule has 0 saturated heterocycles. The van der Waals surface area contributed by atoms with Gasteiger partial charge in [0.25, 0.3) is 0 Å². The highest BCUT2D eigenvalue weighted by atomic mass is 35.5. The van der Waals surface area contributed by atoms with E-state index in [4.69, 9.17) is 23.2 Å². The van der Waals surface area contributed by atoms with E-state index in [0.717, 1.165) is 16.8 Å². The fourth-order valence-corrected chi connectivity index (χ4v) is 2.54. The molecule has 7 heteroatoms. The van der Waals surface area contributed by atoms with Crippen LogP contribution in [0.2, 0.25) is 10.0 Å². The number of hydrogen-bond donors (Lipinski definition) is 1. The molecule has 1 N–H and O–H groups in total. The van der Waals surface area contributed by atoms with Crippen LogP contribution in [0.1, 0.15) is 5.56 Å². The van der Waals surface area contributed by atoms with Gasteiger partial charge in [0.05, 0.1) is 0 Å². The van der Waals surface area contributed by atoms with Gasteiger partial charge in [-0.3, -0.25) is 0 Å². The number of nitrogens with zero attached hydrogens (tertiary/aromatic N) is 4. The second-order valence-corrected chi connectivity index (χ2v) is 6.64. The highest BCUT2D eigenvalue weighted by molar-refractivity contribution is 6.31. The van der Waals surface area contributed by atoms with Crippen molar-refractivity contribution in [3.8, 4) is 11.4 Å². The molecule has 0 amide bonds. The molecule has 5 nitrogen and oxygen atoms in total. The number of rotatable bonds is 4. The summed E-state index contributed by atoms with van der Waals surface area (Å²) in [6, 6.07) is 13.0. The van der Waals surface area contributed by atoms with Crippen LogP contribution >= 0.6 is 23.2 Å². The van der Waals surface area contributed by atoms with Gasteiger partial charge in [0, 0.05) is 35.4 Å². The predicted octanol–water partition coefficient (Wildman–Crippen LogP) is 4.96. The lowest BCUT2D eigenvalue weighted by Gasteiger charge is -2.14. The molecule has 0 fully saturated rings. The van der Waals surface area contributed by atoms with Crippen LogP contribution in [-0.4, -0.2) is 29.0 Å². The van der Waals surface area contributed by atoms with Crippen LogP contribution in [0.4, 0.5) is 17.6 Å². The summed E-state index contributed by atoms with van der Waals surface area (Å²) in [5.74, 6) is 1.58. The van der Waals surface area contributed by atoms with E-state index < -0.39 is 0 Å². The Hall–Kier alpha value is -2.37. The summed E-state index contributed by atoms with van der Waals surface area (Å²) in [5.41, 5.74) is 2.75. The lowest BCUT2D eigenvalue weighted by molar-refractivity contribution is 0.965. The molecule has 0 aliphatic heterocycles. The fraction of sp³-hybridized carbons (Fsp3) is 0.167. The quantitative estimate of drug-likeness (QED) is 0.699. The number of anilines is 3. The Morgan fingerprint density at radius 2 is 1.56 bits per heavy atom. The number of aryl methyl sites for hydroxylation is 1. The van der Waals surface area contributed by atoms with Crippen molar-refractivity contribution in [1.29, 1.82) is 0 Å². The van der Waals surface area contributed by atoms with Crippen molar-refractivity contribution in [3.05, 3.63) is 58.1 Å². The van der Waals surface area contributed by atoms with Gasteiger partial charge in [0.1, 0.15) is 0 Å². The molecule has 0 radical (unpaired) electrons. The first-order valence-corrected chi connectivity index (χ1v) is 8.40. The lowest BCUT2D eigenvalue weighted by Crippen LogP contribution is -2.15. The first-order valence-electron chi connectivity index (χ1n) is 7.65. The molecule has 0 spiro atoms. The zero-order chi connectivity index (χ0) is 18.0. The maximum Gasteiger partial charge on any atom is 0.232 e. The van der Waals surface area contributed by atoms with Crippen molar-refractivity contribution < 1.29 is 0 Å². The molecule has 3 aromatic rings. The summed E-state index contributed by atoms with van der Waals surface area (Å²) in [6.45, 7) is 2.00. The molecule has 0 unspecified atom stereocenters. The molecular weight excluding hydrogens is 357 g/mol. The largest absolute Gasteiger partial charge is 0.347 e. The van der Waals surface area contributed by atoms with E-state index in [9.17, 15) is 0 Å². The number of aromatic nitrogens is 3. The van der Waals surface area contributed by atoms with Gasteiger partial charge in [0.15, 0.2) is 5.82 Å². The minimum atomic E-state index is 0.454. The molecule has 0 aliphatic carbocycles. The minimum Gasteiger partial charge on any atom is -0.347 e. The van der Waals surface area contributed by atoms with Crippen molar-refractivity contribution in [2.75, 3.05) is 24.3 Å². The van der Waals surface area contributed by atoms with Crippen LogP contribution in [-0.2, 0) is 0 Å². The minimum absolute atomic E-state index is 0.454. The second-order valence-electron chi connectivity index (χ2n) is 5.77. The summed E-state index contributed by atoms with van der Waals surface area (Å²) in [4.78, 5) is 15.4. The molecule has 0 bridgehead atoms. The summed E-state index contributed by atoms with van der Waals surface area (Å²) in [5, 5.41) is 4.50. The third-order valence-electron chi connectivity index (χ3n) is 3.56. The van der Waals surface area contributed by atoms with Crippen molar-refractivity contribution >= 4 is 40.8 Å². The molecule has 3 rings (SSSR count). The summed E-state index contributed by atoms with van der Waals surface area (Å²) < 4.78 is 0. The molecule has 1 heterocycles. The molecule has 0 aliphatic rings. The van der Waals surface area contributed by atoms with Crippen LogP contribution in [0.3, 0.4) is 0 Å². The van der Waals surface area contributed by atoms with Gasteiger partial charge >= 0.3 is 0 Å². The van der Waals surface area contributed by atoms with Gasteiger partial charge in [-0.2, -0.15) is 15.0 Å². The lowest BCUT2D eigenvalue weighted by atomic mass is 10.1. The Balaban J connectivity index is 2.05. The van der Waals surface area contributed by atoms with Crippen molar-refractivity contribution in [1.82, 2.24) is 15.0 Å². The smallest absolute Gasteiger partial charge is 0.232 e. The molecule has 128 valence electrons. The molecule has 0 saturated carbocycles. The number of halogens is 2. The normalized spacial score (nSPS) is 10.6. The Morgan fingerprint density at radius 1 is 0.880 bits per heavy atom. The second kappa shape index (κ2) is 7.25. The Kier molecular flexibility index (Phi) is 5.06. The molecule has 1 aromatic heterocycles. The van der Waals surface area contributed by atoms with E-state index >= 15 is 0 Å². The monoisotopic (exact) mass is 373 g/mol. The van der Waals surface area contributed by atoms with E-state index in [0.29, 0.717) is 27.8 Å². The van der Waals surface area contributed by atoms with Crippen LogP contribution in [0.15, 0.2) is 42.5 Å². The van der Waals surface area contributed by atoms with E-state index in [2.05, 4.69) is 20.3 Å². The van der Waals surface area contributed by atoms with Gasteiger partial charge in [-0.15, -0.1) is 0 Å². The Bertz CT molecular complexity index is 894. The van der Waals surface area contributed by atoms with Crippen molar-refractivity contribution in [2.45, 2.75) is 6.92 Å². The van der Waals surface area contributed by atoms with Crippen molar-refractivity contribution in [3.63, 3.8) is 0 Å². The molecule has 0 atom stereocenters. The third kappa shape index (κ3) is 4.18. The average Bonchev–Trinajstić information content (AvgIpc) is 2.59. The maximum atomic E-state index is 6.14. The van der Waals surface area contributed by atoms with Gasteiger partial charge in [-0.1, -0.05) is 29.3 Å². The first kappa shape index (κ1) is 17.5. The van der Waals surface area contributed by atoms with Crippen LogP contribution < -0.4 is 10.2 Å². The highest BCUT2D eigenvalue weighted by Gasteiger charge is 2.12. The standard InChI is InChI=1S/C18H17Cl2N5/c1-11-4-5-13(20)10-15(11)16-22-17(24-18(23-16)25(2)3)21-14-8-6-12(19)7-9-14/h4-10H,1-3H3,(H,21,22,23,24). The predicted molar refractivity (Wildman–Crippen MR) is 104 cm³/mol. The van der Waals surface area contributed by atoms with Gasteiger partial charge in [-0.25, -0.2) is 0 Å². The van der Waals surface area contributed by atoms with Gasteiger partial charge in [0.2, 0.25) is 11.9 Å². The summed E-state index contributed by atoms with van der Waals surface area (Å²) >= 11 is 12.1. The van der Waals surface area contributed by atoms with Crippen LogP contribution in [0.5, 0.6) is 0 Å². The zero-order valence-corrected chi connectivity index (χ0v) is 15.6.